The summed E-state index contributed by atoms with van der Waals surface area (Å²) in [6.45, 7) is 6.76. The van der Waals surface area contributed by atoms with Crippen LogP contribution in [-0.2, 0) is 11.3 Å². The molecule has 4 rings (SSSR count). The van der Waals surface area contributed by atoms with Crippen molar-refractivity contribution in [3.05, 3.63) is 24.3 Å². The summed E-state index contributed by atoms with van der Waals surface area (Å²) in [6.07, 6.45) is 3.50. The highest BCUT2D eigenvalue weighted by Gasteiger charge is 2.26. The third-order valence-electron chi connectivity index (χ3n) is 5.02. The number of aromatic nitrogens is 4. The number of aryl methyl sites for hydroxylation is 1. The Bertz CT molecular complexity index is 966. The fourth-order valence-corrected chi connectivity index (χ4v) is 4.17. The molecule has 1 fully saturated rings. The van der Waals surface area contributed by atoms with Gasteiger partial charge in [0.2, 0.25) is 11.1 Å². The fraction of sp³-hybridized carbons (Fsp3) is 0.500. The van der Waals surface area contributed by atoms with Crippen molar-refractivity contribution < 1.29 is 4.79 Å². The lowest BCUT2D eigenvalue weighted by molar-refractivity contribution is -0.128. The first-order valence-corrected chi connectivity index (χ1v) is 10.7. The van der Waals surface area contributed by atoms with Crippen molar-refractivity contribution in [2.24, 2.45) is 5.92 Å². The number of rotatable bonds is 8. The van der Waals surface area contributed by atoms with E-state index in [0.717, 1.165) is 48.1 Å². The number of amides is 1. The van der Waals surface area contributed by atoms with Crippen LogP contribution in [0.15, 0.2) is 29.4 Å². The summed E-state index contributed by atoms with van der Waals surface area (Å²) in [5.74, 6) is 1.25. The molecule has 0 saturated heterocycles. The highest BCUT2D eigenvalue weighted by molar-refractivity contribution is 7.99. The van der Waals surface area contributed by atoms with Crippen molar-refractivity contribution in [2.75, 3.05) is 18.8 Å². The Balaban J connectivity index is 1.53. The second kappa shape index (κ2) is 7.84. The normalized spacial score (nSPS) is 14.1. The number of hydrogen-bond acceptors (Lipinski definition) is 5. The molecular formula is C20H25N5OS. The van der Waals surface area contributed by atoms with Gasteiger partial charge in [-0.05, 0) is 38.2 Å². The Hall–Kier alpha value is -2.15. The molecule has 142 valence electrons. The van der Waals surface area contributed by atoms with Gasteiger partial charge in [-0.25, -0.2) is 4.98 Å². The molecule has 1 aliphatic carbocycles. The number of nitrogens with zero attached hydrogens (tertiary/aromatic N) is 5. The van der Waals surface area contributed by atoms with E-state index in [0.29, 0.717) is 16.8 Å². The van der Waals surface area contributed by atoms with Gasteiger partial charge in [0.1, 0.15) is 5.52 Å². The van der Waals surface area contributed by atoms with Crippen LogP contribution in [0.1, 0.15) is 33.1 Å². The number of thioether (sulfide) groups is 1. The van der Waals surface area contributed by atoms with Gasteiger partial charge in [-0.3, -0.25) is 4.79 Å². The maximum atomic E-state index is 12.6. The van der Waals surface area contributed by atoms with Crippen molar-refractivity contribution in [1.29, 1.82) is 0 Å². The molecule has 2 aromatic heterocycles. The topological polar surface area (TPSA) is 63.9 Å². The monoisotopic (exact) mass is 383 g/mol. The minimum atomic E-state index is 0.175. The molecular weight excluding hydrogens is 358 g/mol. The second-order valence-corrected chi connectivity index (χ2v) is 8.04. The summed E-state index contributed by atoms with van der Waals surface area (Å²) in [7, 11) is 0. The maximum absolute atomic E-state index is 12.6. The summed E-state index contributed by atoms with van der Waals surface area (Å²) >= 11 is 1.38. The van der Waals surface area contributed by atoms with Crippen LogP contribution in [0.2, 0.25) is 0 Å². The summed E-state index contributed by atoms with van der Waals surface area (Å²) in [5, 5.41) is 10.3. The minimum Gasteiger partial charge on any atom is -0.342 e. The highest BCUT2D eigenvalue weighted by atomic mass is 32.2. The average molecular weight is 384 g/mol. The smallest absolute Gasteiger partial charge is 0.233 e. The molecule has 27 heavy (non-hydrogen) atoms. The van der Waals surface area contributed by atoms with Gasteiger partial charge in [-0.1, -0.05) is 36.9 Å². The molecule has 1 saturated carbocycles. The van der Waals surface area contributed by atoms with Crippen molar-refractivity contribution in [1.82, 2.24) is 24.6 Å². The van der Waals surface area contributed by atoms with E-state index < -0.39 is 0 Å². The summed E-state index contributed by atoms with van der Waals surface area (Å²) in [4.78, 5) is 19.3. The van der Waals surface area contributed by atoms with E-state index in [4.69, 9.17) is 4.98 Å². The van der Waals surface area contributed by atoms with Crippen LogP contribution in [0.3, 0.4) is 0 Å². The van der Waals surface area contributed by atoms with Gasteiger partial charge in [0, 0.05) is 25.0 Å². The van der Waals surface area contributed by atoms with E-state index in [1.807, 2.05) is 17.0 Å². The Morgan fingerprint density at radius 2 is 2.07 bits per heavy atom. The van der Waals surface area contributed by atoms with Crippen LogP contribution >= 0.6 is 11.8 Å². The lowest BCUT2D eigenvalue weighted by atomic mass is 10.2. The number of para-hydroxylation sites is 1. The van der Waals surface area contributed by atoms with Crippen LogP contribution in [0.5, 0.6) is 0 Å². The van der Waals surface area contributed by atoms with Crippen LogP contribution < -0.4 is 0 Å². The van der Waals surface area contributed by atoms with E-state index in [2.05, 4.69) is 40.7 Å². The Morgan fingerprint density at radius 1 is 1.26 bits per heavy atom. The average Bonchev–Trinajstić information content (AvgIpc) is 3.45. The number of carbonyl (C=O) groups excluding carboxylic acids is 1. The van der Waals surface area contributed by atoms with E-state index in [1.54, 1.807) is 0 Å². The van der Waals surface area contributed by atoms with Crippen LogP contribution in [0.4, 0.5) is 0 Å². The predicted octanol–water partition coefficient (Wildman–Crippen LogP) is 3.74. The molecule has 0 spiro atoms. The zero-order chi connectivity index (χ0) is 18.8. The van der Waals surface area contributed by atoms with Gasteiger partial charge in [-0.15, -0.1) is 10.2 Å². The molecule has 0 bridgehead atoms. The number of benzene rings is 1. The quantitative estimate of drug-likeness (QED) is 0.555. The van der Waals surface area contributed by atoms with E-state index >= 15 is 0 Å². The first kappa shape index (κ1) is 18.2. The molecule has 3 aromatic rings. The minimum absolute atomic E-state index is 0.175. The molecule has 2 heterocycles. The van der Waals surface area contributed by atoms with E-state index in [1.165, 1.54) is 24.6 Å². The summed E-state index contributed by atoms with van der Waals surface area (Å²) < 4.78 is 2.15. The Labute approximate surface area is 163 Å². The van der Waals surface area contributed by atoms with Crippen molar-refractivity contribution >= 4 is 39.7 Å². The van der Waals surface area contributed by atoms with E-state index in [9.17, 15) is 4.79 Å². The maximum Gasteiger partial charge on any atom is 0.233 e. The fourth-order valence-electron chi connectivity index (χ4n) is 3.49. The lowest BCUT2D eigenvalue weighted by Crippen LogP contribution is -2.35. The lowest BCUT2D eigenvalue weighted by Gasteiger charge is -2.21. The van der Waals surface area contributed by atoms with Crippen molar-refractivity contribution in [2.45, 2.75) is 44.8 Å². The van der Waals surface area contributed by atoms with Crippen LogP contribution in [0.25, 0.3) is 22.1 Å². The first-order valence-electron chi connectivity index (χ1n) is 9.73. The van der Waals surface area contributed by atoms with Gasteiger partial charge in [-0.2, -0.15) is 0 Å². The molecule has 0 radical (unpaired) electrons. The SMILES string of the molecule is CCCN(CC1CC1)C(=O)CSc1nnc2c3ccccc3n(CC)c2n1. The molecule has 7 heteroatoms. The van der Waals surface area contributed by atoms with Gasteiger partial charge < -0.3 is 9.47 Å². The third kappa shape index (κ3) is 3.78. The summed E-state index contributed by atoms with van der Waals surface area (Å²) in [5.41, 5.74) is 2.78. The third-order valence-corrected chi connectivity index (χ3v) is 5.84. The second-order valence-electron chi connectivity index (χ2n) is 7.10. The standard InChI is InChI=1S/C20H25N5OS/c1-3-11-24(12-14-9-10-14)17(26)13-27-20-21-19-18(22-23-20)15-7-5-6-8-16(15)25(19)4-2/h5-8,14H,3-4,9-13H2,1-2H3. The molecule has 0 unspecified atom stereocenters. The molecule has 1 aromatic carbocycles. The number of fused-ring (bicyclic) bond motifs is 3. The van der Waals surface area contributed by atoms with Crippen LogP contribution in [-0.4, -0.2) is 49.4 Å². The molecule has 0 atom stereocenters. The highest BCUT2D eigenvalue weighted by Crippen LogP contribution is 2.30. The largest absolute Gasteiger partial charge is 0.342 e. The molecule has 6 nitrogen and oxygen atoms in total. The van der Waals surface area contributed by atoms with Gasteiger partial charge in [0.05, 0.1) is 11.3 Å². The number of hydrogen-bond donors (Lipinski definition) is 0. The zero-order valence-electron chi connectivity index (χ0n) is 15.9. The van der Waals surface area contributed by atoms with Gasteiger partial charge in [0.25, 0.3) is 0 Å². The summed E-state index contributed by atoms with van der Waals surface area (Å²) in [6, 6.07) is 8.17. The predicted molar refractivity (Wildman–Crippen MR) is 109 cm³/mol. The zero-order valence-corrected chi connectivity index (χ0v) is 16.7. The Kier molecular flexibility index (Phi) is 5.29. The first-order chi connectivity index (χ1) is 13.2. The van der Waals surface area contributed by atoms with Gasteiger partial charge >= 0.3 is 0 Å². The molecule has 1 amide bonds. The number of carbonyl (C=O) groups is 1. The van der Waals surface area contributed by atoms with Gasteiger partial charge in [0.15, 0.2) is 5.65 Å². The molecule has 0 aliphatic heterocycles. The van der Waals surface area contributed by atoms with Crippen molar-refractivity contribution in [3.8, 4) is 0 Å². The van der Waals surface area contributed by atoms with Crippen molar-refractivity contribution in [3.63, 3.8) is 0 Å². The van der Waals surface area contributed by atoms with E-state index in [-0.39, 0.29) is 5.91 Å². The molecule has 0 N–H and O–H groups in total. The molecule has 1 aliphatic rings. The Morgan fingerprint density at radius 3 is 2.81 bits per heavy atom. The van der Waals surface area contributed by atoms with Crippen LogP contribution in [0, 0.1) is 5.92 Å².